The molecule has 0 aromatic heterocycles. The van der Waals surface area contributed by atoms with Gasteiger partial charge in [0.1, 0.15) is 0 Å². The van der Waals surface area contributed by atoms with Gasteiger partial charge < -0.3 is 0 Å². The van der Waals surface area contributed by atoms with E-state index in [2.05, 4.69) is 20.7 Å². The van der Waals surface area contributed by atoms with Crippen molar-refractivity contribution in [1.82, 2.24) is 9.03 Å². The Morgan fingerprint density at radius 1 is 1.47 bits per heavy atom. The van der Waals surface area contributed by atoms with Gasteiger partial charge in [-0.1, -0.05) is 28.1 Å². The molecule has 0 spiro atoms. The van der Waals surface area contributed by atoms with Gasteiger partial charge in [0.2, 0.25) is 0 Å². The summed E-state index contributed by atoms with van der Waals surface area (Å²) in [5.41, 5.74) is 0.983. The molecule has 6 heteroatoms. The van der Waals surface area contributed by atoms with Crippen LogP contribution in [-0.4, -0.2) is 25.8 Å². The number of hydrogen-bond acceptors (Lipinski definition) is 2. The van der Waals surface area contributed by atoms with Gasteiger partial charge in [0.15, 0.2) is 0 Å². The molecule has 0 unspecified atom stereocenters. The molecule has 0 bridgehead atoms. The molecule has 0 atom stereocenters. The number of hydrogen-bond donors (Lipinski definition) is 1. The first-order chi connectivity index (χ1) is 7.08. The van der Waals surface area contributed by atoms with Crippen LogP contribution in [0.5, 0.6) is 0 Å². The Morgan fingerprint density at radius 2 is 2.27 bits per heavy atom. The van der Waals surface area contributed by atoms with Gasteiger partial charge in [0.25, 0.3) is 10.2 Å². The monoisotopic (exact) mass is 290 g/mol. The van der Waals surface area contributed by atoms with Crippen molar-refractivity contribution >= 4 is 26.1 Å². The van der Waals surface area contributed by atoms with Gasteiger partial charge in [-0.05, 0) is 17.7 Å². The fourth-order valence-electron chi connectivity index (χ4n) is 1.51. The number of rotatable bonds is 2. The Bertz CT molecular complexity index is 461. The second-order valence-corrected chi connectivity index (χ2v) is 6.03. The first-order valence-electron chi connectivity index (χ1n) is 4.57. The molecule has 1 aromatic rings. The van der Waals surface area contributed by atoms with Crippen molar-refractivity contribution < 1.29 is 8.42 Å². The second kappa shape index (κ2) is 4.21. The second-order valence-electron chi connectivity index (χ2n) is 3.36. The van der Waals surface area contributed by atoms with E-state index >= 15 is 0 Å². The lowest BCUT2D eigenvalue weighted by Crippen LogP contribution is -2.28. The predicted molar refractivity (Wildman–Crippen MR) is 61.5 cm³/mol. The molecular weight excluding hydrogens is 280 g/mol. The average Bonchev–Trinajstić information content (AvgIpc) is 2.46. The van der Waals surface area contributed by atoms with Crippen molar-refractivity contribution in [2.75, 3.05) is 13.1 Å². The minimum Gasteiger partial charge on any atom is -0.201 e. The first-order valence-corrected chi connectivity index (χ1v) is 6.80. The zero-order valence-corrected chi connectivity index (χ0v) is 10.4. The van der Waals surface area contributed by atoms with Gasteiger partial charge in [0.05, 0.1) is 0 Å². The first kappa shape index (κ1) is 11.1. The molecule has 1 aromatic carbocycles. The van der Waals surface area contributed by atoms with Crippen LogP contribution in [0.3, 0.4) is 0 Å². The molecule has 1 fully saturated rings. The molecule has 1 N–H and O–H groups in total. The zero-order chi connectivity index (χ0) is 10.9. The van der Waals surface area contributed by atoms with Crippen molar-refractivity contribution in [2.45, 2.75) is 6.54 Å². The highest BCUT2D eigenvalue weighted by Gasteiger charge is 2.27. The Morgan fingerprint density at radius 3 is 2.87 bits per heavy atom. The highest BCUT2D eigenvalue weighted by atomic mass is 79.9. The van der Waals surface area contributed by atoms with Crippen molar-refractivity contribution in [3.05, 3.63) is 34.3 Å². The van der Waals surface area contributed by atoms with Crippen LogP contribution >= 0.6 is 15.9 Å². The lowest BCUT2D eigenvalue weighted by Gasteiger charge is -2.13. The summed E-state index contributed by atoms with van der Waals surface area (Å²) < 4.78 is 27.8. The number of nitrogens with one attached hydrogen (secondary N) is 1. The maximum Gasteiger partial charge on any atom is 0.279 e. The van der Waals surface area contributed by atoms with Crippen LogP contribution in [0, 0.1) is 0 Å². The van der Waals surface area contributed by atoms with Crippen LogP contribution in [0.25, 0.3) is 0 Å². The fraction of sp³-hybridized carbons (Fsp3) is 0.333. The summed E-state index contributed by atoms with van der Waals surface area (Å²) in [7, 11) is -3.23. The molecule has 15 heavy (non-hydrogen) atoms. The molecule has 1 heterocycles. The van der Waals surface area contributed by atoms with Crippen LogP contribution in [0.15, 0.2) is 28.7 Å². The van der Waals surface area contributed by atoms with Crippen LogP contribution in [0.1, 0.15) is 5.56 Å². The van der Waals surface area contributed by atoms with Crippen molar-refractivity contribution in [2.24, 2.45) is 0 Å². The van der Waals surface area contributed by atoms with Gasteiger partial charge >= 0.3 is 0 Å². The Balaban J connectivity index is 2.16. The van der Waals surface area contributed by atoms with Crippen LogP contribution < -0.4 is 4.72 Å². The van der Waals surface area contributed by atoms with Gasteiger partial charge in [0, 0.05) is 24.1 Å². The van der Waals surface area contributed by atoms with Crippen LogP contribution in [0.2, 0.25) is 0 Å². The highest BCUT2D eigenvalue weighted by molar-refractivity contribution is 9.10. The maximum absolute atomic E-state index is 11.5. The summed E-state index contributed by atoms with van der Waals surface area (Å²) in [5.74, 6) is 0. The van der Waals surface area contributed by atoms with Gasteiger partial charge in [-0.2, -0.15) is 12.7 Å². The zero-order valence-electron chi connectivity index (χ0n) is 7.98. The van der Waals surface area contributed by atoms with Gasteiger partial charge in [-0.25, -0.2) is 4.72 Å². The number of nitrogens with zero attached hydrogens (tertiary/aromatic N) is 1. The molecule has 0 saturated carbocycles. The summed E-state index contributed by atoms with van der Waals surface area (Å²) in [6, 6.07) is 7.65. The van der Waals surface area contributed by atoms with E-state index in [0.29, 0.717) is 19.6 Å². The molecular formula is C9H11BrN2O2S. The molecule has 1 aliphatic heterocycles. The summed E-state index contributed by atoms with van der Waals surface area (Å²) in [4.78, 5) is 0. The molecule has 0 aliphatic carbocycles. The Kier molecular flexibility index (Phi) is 3.11. The smallest absolute Gasteiger partial charge is 0.201 e. The van der Waals surface area contributed by atoms with E-state index in [4.69, 9.17) is 0 Å². The van der Waals surface area contributed by atoms with E-state index in [1.807, 2.05) is 24.3 Å². The minimum atomic E-state index is -3.23. The van der Waals surface area contributed by atoms with E-state index in [9.17, 15) is 8.42 Å². The van der Waals surface area contributed by atoms with Crippen molar-refractivity contribution in [3.63, 3.8) is 0 Å². The quantitative estimate of drug-likeness (QED) is 0.887. The predicted octanol–water partition coefficient (Wildman–Crippen LogP) is 1.10. The molecule has 0 radical (unpaired) electrons. The standard InChI is InChI=1S/C9H11BrN2O2S/c10-9-3-1-2-8(6-9)7-12-5-4-11-15(12,13)14/h1-3,6,11H,4-5,7H2. The average molecular weight is 291 g/mol. The van der Waals surface area contributed by atoms with Crippen LogP contribution in [-0.2, 0) is 16.8 Å². The van der Waals surface area contributed by atoms with E-state index in [1.165, 1.54) is 4.31 Å². The normalized spacial score (nSPS) is 20.6. The van der Waals surface area contributed by atoms with Crippen molar-refractivity contribution in [3.8, 4) is 0 Å². The van der Waals surface area contributed by atoms with Crippen molar-refractivity contribution in [1.29, 1.82) is 0 Å². The summed E-state index contributed by atoms with van der Waals surface area (Å²) in [6.07, 6.45) is 0. The lowest BCUT2D eigenvalue weighted by molar-refractivity contribution is 0.446. The fourth-order valence-corrected chi connectivity index (χ4v) is 3.14. The lowest BCUT2D eigenvalue weighted by atomic mass is 10.2. The summed E-state index contributed by atoms with van der Waals surface area (Å²) >= 11 is 3.36. The third-order valence-corrected chi connectivity index (χ3v) is 4.29. The molecule has 1 saturated heterocycles. The van der Waals surface area contributed by atoms with E-state index in [0.717, 1.165) is 10.0 Å². The molecule has 0 amide bonds. The van der Waals surface area contributed by atoms with E-state index in [1.54, 1.807) is 0 Å². The third-order valence-electron chi connectivity index (χ3n) is 2.23. The topological polar surface area (TPSA) is 49.4 Å². The largest absolute Gasteiger partial charge is 0.279 e. The number of halogens is 1. The van der Waals surface area contributed by atoms with Gasteiger partial charge in [-0.15, -0.1) is 0 Å². The molecule has 82 valence electrons. The summed E-state index contributed by atoms with van der Waals surface area (Å²) in [6.45, 7) is 1.46. The SMILES string of the molecule is O=S1(=O)NCCN1Cc1cccc(Br)c1. The number of benzene rings is 1. The molecule has 1 aliphatic rings. The highest BCUT2D eigenvalue weighted by Crippen LogP contribution is 2.15. The van der Waals surface area contributed by atoms with E-state index in [-0.39, 0.29) is 0 Å². The third kappa shape index (κ3) is 2.57. The molecule has 2 rings (SSSR count). The Hall–Kier alpha value is -0.430. The molecule has 4 nitrogen and oxygen atoms in total. The maximum atomic E-state index is 11.5. The summed E-state index contributed by atoms with van der Waals surface area (Å²) in [5, 5.41) is 0. The van der Waals surface area contributed by atoms with Crippen LogP contribution in [0.4, 0.5) is 0 Å². The minimum absolute atomic E-state index is 0.425. The van der Waals surface area contributed by atoms with Gasteiger partial charge in [-0.3, -0.25) is 0 Å². The van der Waals surface area contributed by atoms with E-state index < -0.39 is 10.2 Å². The Labute approximate surface area is 97.6 Å².